The molecule has 0 aliphatic carbocycles. The third-order valence-corrected chi connectivity index (χ3v) is 10.6. The molecular formula is C36H34Cl3N5O6S. The van der Waals surface area contributed by atoms with Crippen LogP contribution in [0, 0.1) is 13.8 Å². The van der Waals surface area contributed by atoms with Gasteiger partial charge in [-0.3, -0.25) is 14.6 Å². The number of Topliss-reactive ketones (excluding diaryl/α,β-unsaturated/α-hetero) is 1. The Kier molecular flexibility index (Phi) is 12.4. The van der Waals surface area contributed by atoms with E-state index in [0.29, 0.717) is 27.1 Å². The number of nitrogens with zero attached hydrogens (tertiary/aromatic N) is 3. The molecule has 0 unspecified atom stereocenters. The number of rotatable bonds is 15. The van der Waals surface area contributed by atoms with E-state index >= 15 is 0 Å². The fourth-order valence-electron chi connectivity index (χ4n) is 5.11. The number of anilines is 2. The summed E-state index contributed by atoms with van der Waals surface area (Å²) < 4.78 is 39.9. The van der Waals surface area contributed by atoms with Gasteiger partial charge in [0, 0.05) is 59.1 Å². The van der Waals surface area contributed by atoms with Gasteiger partial charge in [-0.05, 0) is 92.7 Å². The van der Waals surface area contributed by atoms with Crippen LogP contribution in [0.1, 0.15) is 28.2 Å². The Morgan fingerprint density at radius 2 is 1.61 bits per heavy atom. The number of carbonyl (C=O) groups excluding carboxylic acids is 2. The van der Waals surface area contributed by atoms with E-state index in [1.54, 1.807) is 43.3 Å². The molecule has 5 aromatic rings. The molecule has 0 radical (unpaired) electrons. The van der Waals surface area contributed by atoms with Crippen LogP contribution in [0.25, 0.3) is 10.9 Å². The summed E-state index contributed by atoms with van der Waals surface area (Å²) in [5.74, 6) is -0.122. The van der Waals surface area contributed by atoms with Gasteiger partial charge in [0.1, 0.15) is 5.75 Å². The van der Waals surface area contributed by atoms with E-state index in [9.17, 15) is 18.0 Å². The maximum atomic E-state index is 13.9. The largest absolute Gasteiger partial charge is 0.497 e. The molecule has 3 aromatic carbocycles. The van der Waals surface area contributed by atoms with Gasteiger partial charge >= 0.3 is 0 Å². The molecule has 15 heteroatoms. The predicted molar refractivity (Wildman–Crippen MR) is 200 cm³/mol. The van der Waals surface area contributed by atoms with Crippen LogP contribution in [0.5, 0.6) is 11.5 Å². The van der Waals surface area contributed by atoms with Crippen molar-refractivity contribution in [3.63, 3.8) is 0 Å². The van der Waals surface area contributed by atoms with Crippen LogP contribution >= 0.6 is 34.8 Å². The number of aromatic nitrogens is 2. The van der Waals surface area contributed by atoms with Crippen LogP contribution in [0.2, 0.25) is 15.1 Å². The maximum absolute atomic E-state index is 13.9. The molecule has 2 N–H and O–H groups in total. The molecule has 0 saturated heterocycles. The number of pyridine rings is 2. The molecule has 0 aliphatic rings. The van der Waals surface area contributed by atoms with E-state index in [0.717, 1.165) is 22.3 Å². The Bertz CT molecular complexity index is 2190. The van der Waals surface area contributed by atoms with Gasteiger partial charge in [0.25, 0.3) is 0 Å². The predicted octanol–water partition coefficient (Wildman–Crippen LogP) is 7.61. The standard InChI is InChI=1S/C36H34Cl3N5O6S/c1-22-4-13-34(50-21-33(45)24-5-11-29(38)30(39)19-24)36(42-22)43-35(46)14-16-44(51(47,48)27-9-7-26(49-3)8-10-27)17-15-40-32-18-23(2)41-31-12-6-25(37)20-28(31)32/h4-13,18-20H,14-17,21H2,1-3H3,(H,40,41)(H,42,43,46). The van der Waals surface area contributed by atoms with Gasteiger partial charge in [-0.2, -0.15) is 4.31 Å². The molecule has 11 nitrogen and oxygen atoms in total. The second kappa shape index (κ2) is 16.7. The van der Waals surface area contributed by atoms with E-state index in [1.807, 2.05) is 19.1 Å². The Morgan fingerprint density at radius 1 is 0.843 bits per heavy atom. The highest BCUT2D eigenvalue weighted by molar-refractivity contribution is 7.89. The minimum absolute atomic E-state index is 0.0267. The normalized spacial score (nSPS) is 11.4. The molecule has 0 atom stereocenters. The summed E-state index contributed by atoms with van der Waals surface area (Å²) in [7, 11) is -2.55. The molecule has 0 fully saturated rings. The van der Waals surface area contributed by atoms with Crippen molar-refractivity contribution in [3.8, 4) is 11.5 Å². The number of sulfonamides is 1. The first kappa shape index (κ1) is 37.8. The zero-order chi connectivity index (χ0) is 36.7. The summed E-state index contributed by atoms with van der Waals surface area (Å²) >= 11 is 18.3. The van der Waals surface area contributed by atoms with Crippen molar-refractivity contribution in [2.24, 2.45) is 0 Å². The minimum atomic E-state index is -4.04. The summed E-state index contributed by atoms with van der Waals surface area (Å²) in [5.41, 5.74) is 3.16. The average Bonchev–Trinajstić information content (AvgIpc) is 3.10. The molecule has 2 aromatic heterocycles. The number of aryl methyl sites for hydroxylation is 2. The smallest absolute Gasteiger partial charge is 0.243 e. The Balaban J connectivity index is 1.30. The lowest BCUT2D eigenvalue weighted by Crippen LogP contribution is -2.37. The van der Waals surface area contributed by atoms with Gasteiger partial charge in [-0.25, -0.2) is 13.4 Å². The third-order valence-electron chi connectivity index (χ3n) is 7.72. The summed E-state index contributed by atoms with van der Waals surface area (Å²) in [5, 5.41) is 7.91. The number of ether oxygens (including phenoxy) is 2. The van der Waals surface area contributed by atoms with Gasteiger partial charge < -0.3 is 20.1 Å². The highest BCUT2D eigenvalue weighted by Crippen LogP contribution is 2.28. The van der Waals surface area contributed by atoms with Crippen molar-refractivity contribution in [2.45, 2.75) is 25.2 Å². The molecule has 5 rings (SSSR count). The van der Waals surface area contributed by atoms with Crippen LogP contribution in [-0.2, 0) is 14.8 Å². The Labute approximate surface area is 310 Å². The molecular weight excluding hydrogens is 737 g/mol. The zero-order valence-corrected chi connectivity index (χ0v) is 31.0. The second-order valence-corrected chi connectivity index (χ2v) is 14.6. The van der Waals surface area contributed by atoms with Crippen molar-refractivity contribution in [1.29, 1.82) is 0 Å². The number of halogens is 3. The molecule has 266 valence electrons. The van der Waals surface area contributed by atoms with Gasteiger partial charge in [-0.1, -0.05) is 34.8 Å². The Morgan fingerprint density at radius 3 is 2.33 bits per heavy atom. The third kappa shape index (κ3) is 9.66. The van der Waals surface area contributed by atoms with Crippen molar-refractivity contribution >= 4 is 78.9 Å². The molecule has 1 amide bonds. The van der Waals surface area contributed by atoms with Crippen LogP contribution in [0.4, 0.5) is 11.5 Å². The molecule has 0 bridgehead atoms. The number of ketones is 1. The van der Waals surface area contributed by atoms with Gasteiger partial charge in [0.15, 0.2) is 24.0 Å². The fourth-order valence-corrected chi connectivity index (χ4v) is 7.02. The lowest BCUT2D eigenvalue weighted by Gasteiger charge is -2.23. The number of methoxy groups -OCH3 is 1. The molecule has 51 heavy (non-hydrogen) atoms. The summed E-state index contributed by atoms with van der Waals surface area (Å²) in [6, 6.07) is 21.0. The molecule has 2 heterocycles. The van der Waals surface area contributed by atoms with E-state index in [4.69, 9.17) is 44.3 Å². The first-order valence-electron chi connectivity index (χ1n) is 15.7. The SMILES string of the molecule is COc1ccc(S(=O)(=O)N(CCNc2cc(C)nc3ccc(Cl)cc23)CCC(=O)Nc2nc(C)ccc2OCC(=O)c2ccc(Cl)c(Cl)c2)cc1. The molecule has 0 saturated carbocycles. The van der Waals surface area contributed by atoms with Crippen LogP contribution in [-0.4, -0.2) is 67.7 Å². The number of hydrogen-bond acceptors (Lipinski definition) is 9. The number of hydrogen-bond donors (Lipinski definition) is 2. The first-order chi connectivity index (χ1) is 24.3. The summed E-state index contributed by atoms with van der Waals surface area (Å²) in [6.45, 7) is 3.33. The number of amides is 1. The topological polar surface area (TPSA) is 140 Å². The number of fused-ring (bicyclic) bond motifs is 1. The highest BCUT2D eigenvalue weighted by atomic mass is 35.5. The zero-order valence-electron chi connectivity index (χ0n) is 27.9. The van der Waals surface area contributed by atoms with Crippen LogP contribution in [0.3, 0.4) is 0 Å². The van der Waals surface area contributed by atoms with Crippen molar-refractivity contribution in [1.82, 2.24) is 14.3 Å². The summed E-state index contributed by atoms with van der Waals surface area (Å²) in [4.78, 5) is 35.0. The fraction of sp³-hybridized carbons (Fsp3) is 0.222. The number of benzene rings is 3. The second-order valence-electron chi connectivity index (χ2n) is 11.4. The Hall–Kier alpha value is -4.46. The van der Waals surface area contributed by atoms with Gasteiger partial charge in [-0.15, -0.1) is 0 Å². The van der Waals surface area contributed by atoms with E-state index < -0.39 is 15.9 Å². The minimum Gasteiger partial charge on any atom is -0.497 e. The van der Waals surface area contributed by atoms with E-state index in [1.165, 1.54) is 41.7 Å². The van der Waals surface area contributed by atoms with Gasteiger partial charge in [0.2, 0.25) is 15.9 Å². The molecule has 0 aliphatic heterocycles. The maximum Gasteiger partial charge on any atom is 0.243 e. The van der Waals surface area contributed by atoms with Crippen molar-refractivity contribution in [2.75, 3.05) is 44.0 Å². The van der Waals surface area contributed by atoms with Crippen LogP contribution in [0.15, 0.2) is 83.8 Å². The van der Waals surface area contributed by atoms with E-state index in [2.05, 4.69) is 20.6 Å². The number of carbonyl (C=O) groups is 2. The lowest BCUT2D eigenvalue weighted by atomic mass is 10.1. The first-order valence-corrected chi connectivity index (χ1v) is 18.2. The summed E-state index contributed by atoms with van der Waals surface area (Å²) in [6.07, 6.45) is -0.209. The quantitative estimate of drug-likeness (QED) is 0.103. The average molecular weight is 771 g/mol. The van der Waals surface area contributed by atoms with Gasteiger partial charge in [0.05, 0.1) is 27.6 Å². The van der Waals surface area contributed by atoms with Crippen LogP contribution < -0.4 is 20.1 Å². The monoisotopic (exact) mass is 769 g/mol. The van der Waals surface area contributed by atoms with Crippen molar-refractivity contribution < 1.29 is 27.5 Å². The van der Waals surface area contributed by atoms with E-state index in [-0.39, 0.29) is 59.9 Å². The molecule has 0 spiro atoms. The number of nitrogens with one attached hydrogen (secondary N) is 2. The highest BCUT2D eigenvalue weighted by Gasteiger charge is 2.25. The lowest BCUT2D eigenvalue weighted by molar-refractivity contribution is -0.116. The van der Waals surface area contributed by atoms with Crippen molar-refractivity contribution in [3.05, 3.63) is 111 Å².